The van der Waals surface area contributed by atoms with Gasteiger partial charge in [-0.25, -0.2) is 4.39 Å². The van der Waals surface area contributed by atoms with Gasteiger partial charge in [-0.05, 0) is 60.2 Å². The maximum Gasteiger partial charge on any atom is 0.200 e. The number of halogens is 1. The van der Waals surface area contributed by atoms with Gasteiger partial charge in [-0.3, -0.25) is 9.59 Å². The minimum atomic E-state index is -0.384. The van der Waals surface area contributed by atoms with Crippen molar-refractivity contribution < 1.29 is 18.7 Å². The molecule has 0 fully saturated rings. The number of hydrogen-bond acceptors (Lipinski definition) is 4. The standard InChI is InChI=1S/C25H20FNO4/c1-30-19-9-5-17(6-10-19)24(28)22-15-27(14-16-3-7-18(26)8-4-16)23-12-11-20(31-2)13-21(23)25(22)29/h3-13,15H,14H2,1-2H3. The van der Waals surface area contributed by atoms with Crippen molar-refractivity contribution in [3.63, 3.8) is 0 Å². The van der Waals surface area contributed by atoms with E-state index in [1.165, 1.54) is 19.2 Å². The zero-order chi connectivity index (χ0) is 22.0. The molecule has 3 aromatic carbocycles. The van der Waals surface area contributed by atoms with E-state index in [1.807, 2.05) is 4.57 Å². The molecule has 0 amide bonds. The summed E-state index contributed by atoms with van der Waals surface area (Å²) in [6.45, 7) is 0.367. The summed E-state index contributed by atoms with van der Waals surface area (Å²) in [4.78, 5) is 26.4. The number of ether oxygens (including phenoxy) is 2. The zero-order valence-electron chi connectivity index (χ0n) is 17.1. The van der Waals surface area contributed by atoms with Crippen LogP contribution in [-0.4, -0.2) is 24.6 Å². The largest absolute Gasteiger partial charge is 0.497 e. The third-order valence-corrected chi connectivity index (χ3v) is 5.15. The molecule has 0 aliphatic rings. The molecule has 1 heterocycles. The molecule has 0 atom stereocenters. The molecule has 0 spiro atoms. The Morgan fingerprint density at radius 1 is 0.903 bits per heavy atom. The van der Waals surface area contributed by atoms with E-state index >= 15 is 0 Å². The molecular formula is C25H20FNO4. The second-order valence-electron chi connectivity index (χ2n) is 7.07. The van der Waals surface area contributed by atoms with Gasteiger partial charge in [-0.2, -0.15) is 0 Å². The maximum absolute atomic E-state index is 13.3. The molecule has 0 unspecified atom stereocenters. The van der Waals surface area contributed by atoms with Crippen molar-refractivity contribution in [3.05, 3.63) is 106 Å². The Kier molecular flexibility index (Phi) is 5.54. The number of rotatable bonds is 6. The van der Waals surface area contributed by atoms with Gasteiger partial charge in [-0.15, -0.1) is 0 Å². The van der Waals surface area contributed by atoms with Crippen LogP contribution in [0.25, 0.3) is 10.9 Å². The Labute approximate surface area is 178 Å². The third-order valence-electron chi connectivity index (χ3n) is 5.15. The van der Waals surface area contributed by atoms with Crippen molar-refractivity contribution in [1.29, 1.82) is 0 Å². The van der Waals surface area contributed by atoms with E-state index in [1.54, 1.807) is 67.9 Å². The molecule has 0 aliphatic heterocycles. The molecule has 4 rings (SSSR count). The number of nitrogens with zero attached hydrogens (tertiary/aromatic N) is 1. The van der Waals surface area contributed by atoms with Crippen LogP contribution in [0.2, 0.25) is 0 Å². The summed E-state index contributed by atoms with van der Waals surface area (Å²) in [5.41, 5.74) is 1.55. The van der Waals surface area contributed by atoms with E-state index < -0.39 is 0 Å². The molecule has 31 heavy (non-hydrogen) atoms. The number of benzene rings is 3. The van der Waals surface area contributed by atoms with Crippen LogP contribution < -0.4 is 14.9 Å². The summed E-state index contributed by atoms with van der Waals surface area (Å²) < 4.78 is 25.5. The van der Waals surface area contributed by atoms with E-state index in [4.69, 9.17) is 9.47 Å². The Balaban J connectivity index is 1.87. The first kappa shape index (κ1) is 20.3. The molecule has 0 bridgehead atoms. The van der Waals surface area contributed by atoms with E-state index in [9.17, 15) is 14.0 Å². The predicted molar refractivity (Wildman–Crippen MR) is 117 cm³/mol. The summed E-state index contributed by atoms with van der Waals surface area (Å²) in [6.07, 6.45) is 1.56. The fourth-order valence-corrected chi connectivity index (χ4v) is 3.48. The molecule has 6 heteroatoms. The quantitative estimate of drug-likeness (QED) is 0.436. The normalized spacial score (nSPS) is 10.8. The monoisotopic (exact) mass is 417 g/mol. The lowest BCUT2D eigenvalue weighted by molar-refractivity contribution is 0.103. The molecular weight excluding hydrogens is 397 g/mol. The lowest BCUT2D eigenvalue weighted by atomic mass is 10.0. The molecule has 0 radical (unpaired) electrons. The van der Waals surface area contributed by atoms with Crippen LogP contribution in [0.1, 0.15) is 21.5 Å². The Hall–Kier alpha value is -3.93. The average Bonchev–Trinajstić information content (AvgIpc) is 2.81. The van der Waals surface area contributed by atoms with E-state index in [0.717, 1.165) is 5.56 Å². The molecule has 0 aliphatic carbocycles. The highest BCUT2D eigenvalue weighted by atomic mass is 19.1. The highest BCUT2D eigenvalue weighted by molar-refractivity contribution is 6.10. The Bertz CT molecular complexity index is 1310. The molecule has 1 aromatic heterocycles. The number of pyridine rings is 1. The van der Waals surface area contributed by atoms with Crippen molar-refractivity contribution in [2.24, 2.45) is 0 Å². The summed E-state index contributed by atoms with van der Waals surface area (Å²) in [6, 6.07) is 17.9. The number of methoxy groups -OCH3 is 2. The molecule has 156 valence electrons. The smallest absolute Gasteiger partial charge is 0.200 e. The zero-order valence-corrected chi connectivity index (χ0v) is 17.1. The number of aromatic nitrogens is 1. The van der Waals surface area contributed by atoms with Crippen LogP contribution in [0.15, 0.2) is 77.7 Å². The van der Waals surface area contributed by atoms with Gasteiger partial charge in [0.15, 0.2) is 5.78 Å². The van der Waals surface area contributed by atoms with Gasteiger partial charge in [0.05, 0.1) is 30.7 Å². The van der Waals surface area contributed by atoms with Crippen molar-refractivity contribution in [2.75, 3.05) is 14.2 Å². The van der Waals surface area contributed by atoms with E-state index in [0.29, 0.717) is 34.5 Å². The lowest BCUT2D eigenvalue weighted by Crippen LogP contribution is -2.20. The SMILES string of the molecule is COc1ccc(C(=O)c2cn(Cc3ccc(F)cc3)c3ccc(OC)cc3c2=O)cc1. The highest BCUT2D eigenvalue weighted by Crippen LogP contribution is 2.22. The van der Waals surface area contributed by atoms with Crippen molar-refractivity contribution >= 4 is 16.7 Å². The van der Waals surface area contributed by atoms with Crippen molar-refractivity contribution in [2.45, 2.75) is 6.54 Å². The van der Waals surface area contributed by atoms with E-state index in [2.05, 4.69) is 0 Å². The van der Waals surface area contributed by atoms with Crippen LogP contribution in [0.5, 0.6) is 11.5 Å². The minimum Gasteiger partial charge on any atom is -0.497 e. The number of ketones is 1. The first-order valence-corrected chi connectivity index (χ1v) is 9.64. The predicted octanol–water partition coefficient (Wildman–Crippen LogP) is 4.44. The van der Waals surface area contributed by atoms with Crippen LogP contribution in [0, 0.1) is 5.82 Å². The molecule has 0 N–H and O–H groups in total. The van der Waals surface area contributed by atoms with Gasteiger partial charge >= 0.3 is 0 Å². The summed E-state index contributed by atoms with van der Waals surface area (Å²) >= 11 is 0. The number of fused-ring (bicyclic) bond motifs is 1. The van der Waals surface area contributed by atoms with Crippen LogP contribution in [-0.2, 0) is 6.54 Å². The van der Waals surface area contributed by atoms with Gasteiger partial charge in [0.25, 0.3) is 0 Å². The maximum atomic E-state index is 13.3. The first-order chi connectivity index (χ1) is 15.0. The first-order valence-electron chi connectivity index (χ1n) is 9.64. The molecule has 4 aromatic rings. The second-order valence-corrected chi connectivity index (χ2v) is 7.07. The molecule has 5 nitrogen and oxygen atoms in total. The molecule has 0 saturated carbocycles. The highest BCUT2D eigenvalue weighted by Gasteiger charge is 2.18. The van der Waals surface area contributed by atoms with Gasteiger partial charge in [0.2, 0.25) is 5.43 Å². The van der Waals surface area contributed by atoms with E-state index in [-0.39, 0.29) is 22.6 Å². The Morgan fingerprint density at radius 2 is 1.55 bits per heavy atom. The molecule has 0 saturated heterocycles. The Morgan fingerprint density at radius 3 is 2.19 bits per heavy atom. The van der Waals surface area contributed by atoms with Crippen molar-refractivity contribution in [1.82, 2.24) is 4.57 Å². The lowest BCUT2D eigenvalue weighted by Gasteiger charge is -2.14. The summed E-state index contributed by atoms with van der Waals surface area (Å²) in [7, 11) is 3.06. The fourth-order valence-electron chi connectivity index (χ4n) is 3.48. The van der Waals surface area contributed by atoms with Crippen LogP contribution >= 0.6 is 0 Å². The number of hydrogen-bond donors (Lipinski definition) is 0. The topological polar surface area (TPSA) is 57.5 Å². The number of carbonyl (C=O) groups is 1. The minimum absolute atomic E-state index is 0.0491. The van der Waals surface area contributed by atoms with Crippen LogP contribution in [0.4, 0.5) is 4.39 Å². The van der Waals surface area contributed by atoms with Gasteiger partial charge in [-0.1, -0.05) is 12.1 Å². The van der Waals surface area contributed by atoms with Crippen LogP contribution in [0.3, 0.4) is 0 Å². The van der Waals surface area contributed by atoms with Gasteiger partial charge < -0.3 is 14.0 Å². The average molecular weight is 417 g/mol. The number of carbonyl (C=O) groups excluding carboxylic acids is 1. The fraction of sp³-hybridized carbons (Fsp3) is 0.120. The van der Waals surface area contributed by atoms with Gasteiger partial charge in [0, 0.05) is 18.3 Å². The summed E-state index contributed by atoms with van der Waals surface area (Å²) in [5, 5.41) is 0.376. The third kappa shape index (κ3) is 4.05. The van der Waals surface area contributed by atoms with Gasteiger partial charge in [0.1, 0.15) is 17.3 Å². The summed E-state index contributed by atoms with van der Waals surface area (Å²) in [5.74, 6) is 0.430. The van der Waals surface area contributed by atoms with Crippen molar-refractivity contribution in [3.8, 4) is 11.5 Å². The second kappa shape index (κ2) is 8.44.